The fourth-order valence-electron chi connectivity index (χ4n) is 1.38. The van der Waals surface area contributed by atoms with Gasteiger partial charge in [0.25, 0.3) is 0 Å². The second-order valence-electron chi connectivity index (χ2n) is 3.57. The lowest BCUT2D eigenvalue weighted by Crippen LogP contribution is -2.02. The SMILES string of the molecule is CCCCCNc1cccc(C)c1Br. The Morgan fingerprint density at radius 2 is 2.07 bits per heavy atom. The summed E-state index contributed by atoms with van der Waals surface area (Å²) in [5.74, 6) is 0. The van der Waals surface area contributed by atoms with Crippen molar-refractivity contribution in [1.82, 2.24) is 0 Å². The van der Waals surface area contributed by atoms with Crippen molar-refractivity contribution in [2.75, 3.05) is 11.9 Å². The van der Waals surface area contributed by atoms with E-state index in [1.807, 2.05) is 0 Å². The summed E-state index contributed by atoms with van der Waals surface area (Å²) in [6, 6.07) is 6.31. The fraction of sp³-hybridized carbons (Fsp3) is 0.500. The highest BCUT2D eigenvalue weighted by Gasteiger charge is 2.00. The summed E-state index contributed by atoms with van der Waals surface area (Å²) in [5.41, 5.74) is 2.49. The highest BCUT2D eigenvalue weighted by molar-refractivity contribution is 9.10. The predicted molar refractivity (Wildman–Crippen MR) is 66.9 cm³/mol. The van der Waals surface area contributed by atoms with Crippen molar-refractivity contribution in [2.45, 2.75) is 33.1 Å². The van der Waals surface area contributed by atoms with Crippen LogP contribution in [0, 0.1) is 6.92 Å². The van der Waals surface area contributed by atoms with Crippen molar-refractivity contribution in [3.63, 3.8) is 0 Å². The van der Waals surface area contributed by atoms with E-state index in [4.69, 9.17) is 0 Å². The van der Waals surface area contributed by atoms with E-state index < -0.39 is 0 Å². The van der Waals surface area contributed by atoms with E-state index in [0.29, 0.717) is 0 Å². The zero-order valence-corrected chi connectivity index (χ0v) is 10.5. The van der Waals surface area contributed by atoms with Crippen LogP contribution in [-0.4, -0.2) is 6.54 Å². The lowest BCUT2D eigenvalue weighted by atomic mass is 10.2. The molecule has 78 valence electrons. The van der Waals surface area contributed by atoms with Crippen LogP contribution in [0.4, 0.5) is 5.69 Å². The molecular weight excluding hydrogens is 238 g/mol. The number of aryl methyl sites for hydroxylation is 1. The average molecular weight is 256 g/mol. The molecule has 2 heteroatoms. The number of hydrogen-bond donors (Lipinski definition) is 1. The molecule has 0 unspecified atom stereocenters. The Morgan fingerprint density at radius 3 is 2.79 bits per heavy atom. The van der Waals surface area contributed by atoms with Crippen molar-refractivity contribution in [2.24, 2.45) is 0 Å². The zero-order chi connectivity index (χ0) is 10.4. The van der Waals surface area contributed by atoms with Crippen LogP contribution >= 0.6 is 15.9 Å². The van der Waals surface area contributed by atoms with Crippen LogP contribution in [-0.2, 0) is 0 Å². The quantitative estimate of drug-likeness (QED) is 0.772. The van der Waals surface area contributed by atoms with Crippen molar-refractivity contribution in [3.8, 4) is 0 Å². The molecule has 1 aromatic carbocycles. The molecule has 0 aliphatic rings. The van der Waals surface area contributed by atoms with E-state index in [2.05, 4.69) is 53.3 Å². The van der Waals surface area contributed by atoms with Gasteiger partial charge in [-0.15, -0.1) is 0 Å². The first kappa shape index (κ1) is 11.6. The third-order valence-electron chi connectivity index (χ3n) is 2.29. The number of benzene rings is 1. The van der Waals surface area contributed by atoms with Gasteiger partial charge in [0, 0.05) is 16.7 Å². The van der Waals surface area contributed by atoms with Gasteiger partial charge in [0.15, 0.2) is 0 Å². The molecule has 0 heterocycles. The molecule has 0 amide bonds. The molecule has 0 aliphatic heterocycles. The van der Waals surface area contributed by atoms with Crippen LogP contribution in [0.1, 0.15) is 31.7 Å². The number of nitrogens with one attached hydrogen (secondary N) is 1. The molecule has 0 fully saturated rings. The van der Waals surface area contributed by atoms with Crippen LogP contribution in [0.2, 0.25) is 0 Å². The molecule has 1 N–H and O–H groups in total. The maximum atomic E-state index is 3.59. The number of halogens is 1. The molecular formula is C12H18BrN. The second-order valence-corrected chi connectivity index (χ2v) is 4.36. The Bertz CT molecular complexity index is 284. The van der Waals surface area contributed by atoms with Gasteiger partial charge in [-0.3, -0.25) is 0 Å². The monoisotopic (exact) mass is 255 g/mol. The number of rotatable bonds is 5. The number of anilines is 1. The summed E-state index contributed by atoms with van der Waals surface area (Å²) in [4.78, 5) is 0. The Hall–Kier alpha value is -0.500. The first-order valence-corrected chi connectivity index (χ1v) is 6.04. The standard InChI is InChI=1S/C12H18BrN/c1-3-4-5-9-14-11-8-6-7-10(2)12(11)13/h6-8,14H,3-5,9H2,1-2H3. The van der Waals surface area contributed by atoms with Crippen LogP contribution in [0.3, 0.4) is 0 Å². The van der Waals surface area contributed by atoms with Gasteiger partial charge in [0.1, 0.15) is 0 Å². The molecule has 1 aromatic rings. The summed E-state index contributed by atoms with van der Waals surface area (Å²) in [6.07, 6.45) is 3.82. The van der Waals surface area contributed by atoms with Gasteiger partial charge in [-0.2, -0.15) is 0 Å². The Balaban J connectivity index is 2.46. The molecule has 1 nitrogen and oxygen atoms in total. The van der Waals surface area contributed by atoms with E-state index in [-0.39, 0.29) is 0 Å². The molecule has 0 aliphatic carbocycles. The largest absolute Gasteiger partial charge is 0.384 e. The molecule has 0 saturated carbocycles. The summed E-state index contributed by atoms with van der Waals surface area (Å²) >= 11 is 3.59. The van der Waals surface area contributed by atoms with E-state index in [1.54, 1.807) is 0 Å². The summed E-state index contributed by atoms with van der Waals surface area (Å²) in [6.45, 7) is 5.40. The van der Waals surface area contributed by atoms with Crippen molar-refractivity contribution in [1.29, 1.82) is 0 Å². The summed E-state index contributed by atoms with van der Waals surface area (Å²) in [5, 5.41) is 3.44. The Morgan fingerprint density at radius 1 is 1.29 bits per heavy atom. The first-order chi connectivity index (χ1) is 6.75. The van der Waals surface area contributed by atoms with Crippen LogP contribution < -0.4 is 5.32 Å². The van der Waals surface area contributed by atoms with Gasteiger partial charge in [0.2, 0.25) is 0 Å². The Kier molecular flexibility index (Phi) is 5.02. The van der Waals surface area contributed by atoms with Gasteiger partial charge < -0.3 is 5.32 Å². The van der Waals surface area contributed by atoms with Gasteiger partial charge in [-0.05, 0) is 40.9 Å². The van der Waals surface area contributed by atoms with Crippen LogP contribution in [0.15, 0.2) is 22.7 Å². The lowest BCUT2D eigenvalue weighted by Gasteiger charge is -2.09. The normalized spacial score (nSPS) is 10.2. The van der Waals surface area contributed by atoms with Gasteiger partial charge in [0.05, 0.1) is 0 Å². The average Bonchev–Trinajstić information content (AvgIpc) is 2.19. The highest BCUT2D eigenvalue weighted by Crippen LogP contribution is 2.25. The topological polar surface area (TPSA) is 12.0 Å². The third-order valence-corrected chi connectivity index (χ3v) is 3.34. The Labute approximate surface area is 95.0 Å². The molecule has 0 radical (unpaired) electrons. The molecule has 0 aromatic heterocycles. The smallest absolute Gasteiger partial charge is 0.0487 e. The third kappa shape index (κ3) is 3.33. The summed E-state index contributed by atoms with van der Waals surface area (Å²) in [7, 11) is 0. The van der Waals surface area contributed by atoms with E-state index >= 15 is 0 Å². The molecule has 0 spiro atoms. The molecule has 1 rings (SSSR count). The maximum Gasteiger partial charge on any atom is 0.0487 e. The van der Waals surface area contributed by atoms with Gasteiger partial charge in [-0.1, -0.05) is 31.9 Å². The fourth-order valence-corrected chi connectivity index (χ4v) is 1.79. The van der Waals surface area contributed by atoms with Crippen molar-refractivity contribution < 1.29 is 0 Å². The predicted octanol–water partition coefficient (Wildman–Crippen LogP) is 4.36. The first-order valence-electron chi connectivity index (χ1n) is 5.24. The maximum absolute atomic E-state index is 3.59. The van der Waals surface area contributed by atoms with E-state index in [1.165, 1.54) is 35.0 Å². The van der Waals surface area contributed by atoms with Crippen molar-refractivity contribution >= 4 is 21.6 Å². The number of unbranched alkanes of at least 4 members (excludes halogenated alkanes) is 2. The van der Waals surface area contributed by atoms with Crippen LogP contribution in [0.25, 0.3) is 0 Å². The molecule has 14 heavy (non-hydrogen) atoms. The van der Waals surface area contributed by atoms with Gasteiger partial charge >= 0.3 is 0 Å². The molecule has 0 saturated heterocycles. The number of hydrogen-bond acceptors (Lipinski definition) is 1. The van der Waals surface area contributed by atoms with E-state index in [0.717, 1.165) is 6.54 Å². The minimum absolute atomic E-state index is 1.07. The molecule has 0 atom stereocenters. The molecule has 0 bridgehead atoms. The summed E-state index contributed by atoms with van der Waals surface area (Å²) < 4.78 is 1.19. The lowest BCUT2D eigenvalue weighted by molar-refractivity contribution is 0.743. The highest BCUT2D eigenvalue weighted by atomic mass is 79.9. The minimum atomic E-state index is 1.07. The van der Waals surface area contributed by atoms with Gasteiger partial charge in [-0.25, -0.2) is 0 Å². The minimum Gasteiger partial charge on any atom is -0.384 e. The van der Waals surface area contributed by atoms with Crippen LogP contribution in [0.5, 0.6) is 0 Å². The van der Waals surface area contributed by atoms with Crippen molar-refractivity contribution in [3.05, 3.63) is 28.2 Å². The zero-order valence-electron chi connectivity index (χ0n) is 8.94. The van der Waals surface area contributed by atoms with E-state index in [9.17, 15) is 0 Å². The second kappa shape index (κ2) is 6.07.